The van der Waals surface area contributed by atoms with Gasteiger partial charge < -0.3 is 5.32 Å². The van der Waals surface area contributed by atoms with Gasteiger partial charge in [-0.2, -0.15) is 0 Å². The van der Waals surface area contributed by atoms with Crippen molar-refractivity contribution in [3.63, 3.8) is 0 Å². The Kier molecular flexibility index (Phi) is 5.48. The molecule has 0 aliphatic heterocycles. The first kappa shape index (κ1) is 16.5. The summed E-state index contributed by atoms with van der Waals surface area (Å²) in [5, 5.41) is 3.75. The summed E-state index contributed by atoms with van der Waals surface area (Å²) >= 11 is 0. The maximum absolute atomic E-state index is 3.75. The summed E-state index contributed by atoms with van der Waals surface area (Å²) in [6.45, 7) is 12.4. The van der Waals surface area contributed by atoms with Crippen LogP contribution in [0.2, 0.25) is 0 Å². The van der Waals surface area contributed by atoms with Crippen molar-refractivity contribution in [2.45, 2.75) is 72.3 Å². The molecule has 1 saturated carbocycles. The molecule has 0 amide bonds. The van der Waals surface area contributed by atoms with Crippen molar-refractivity contribution >= 4 is 0 Å². The fourth-order valence-electron chi connectivity index (χ4n) is 3.50. The molecule has 1 aliphatic carbocycles. The Bertz CT molecular complexity index is 449. The van der Waals surface area contributed by atoms with E-state index in [1.165, 1.54) is 48.8 Å². The zero-order valence-electron chi connectivity index (χ0n) is 14.6. The summed E-state index contributed by atoms with van der Waals surface area (Å²) in [4.78, 5) is 0. The minimum absolute atomic E-state index is 0.222. The highest BCUT2D eigenvalue weighted by atomic mass is 14.9. The summed E-state index contributed by atoms with van der Waals surface area (Å²) in [6, 6.07) is 7.02. The molecule has 1 nitrogen and oxygen atoms in total. The minimum atomic E-state index is 0.222. The fraction of sp³-hybridized carbons (Fsp3) is 0.700. The maximum Gasteiger partial charge on any atom is 0.00966 e. The van der Waals surface area contributed by atoms with Gasteiger partial charge in [0.25, 0.3) is 0 Å². The van der Waals surface area contributed by atoms with Gasteiger partial charge in [0, 0.05) is 5.54 Å². The lowest BCUT2D eigenvalue weighted by molar-refractivity contribution is 0.286. The molecule has 1 aliphatic rings. The highest BCUT2D eigenvalue weighted by Gasteiger charge is 2.26. The van der Waals surface area contributed by atoms with Crippen LogP contribution in [0.25, 0.3) is 0 Å². The summed E-state index contributed by atoms with van der Waals surface area (Å²) in [6.07, 6.45) is 6.96. The van der Waals surface area contributed by atoms with Crippen LogP contribution in [0.5, 0.6) is 0 Å². The van der Waals surface area contributed by atoms with Crippen molar-refractivity contribution in [3.05, 3.63) is 34.9 Å². The summed E-state index contributed by atoms with van der Waals surface area (Å²) in [5.41, 5.74) is 4.58. The molecule has 1 fully saturated rings. The van der Waals surface area contributed by atoms with Crippen LogP contribution in [0.15, 0.2) is 18.2 Å². The Morgan fingerprint density at radius 3 is 2.33 bits per heavy atom. The van der Waals surface area contributed by atoms with Crippen molar-refractivity contribution in [1.82, 2.24) is 5.32 Å². The normalized spacial score (nSPS) is 18.1. The Morgan fingerprint density at radius 1 is 1.10 bits per heavy atom. The van der Waals surface area contributed by atoms with Gasteiger partial charge in [0.1, 0.15) is 0 Å². The molecule has 0 aromatic heterocycles. The predicted molar refractivity (Wildman–Crippen MR) is 92.8 cm³/mol. The molecule has 0 bridgehead atoms. The van der Waals surface area contributed by atoms with Gasteiger partial charge in [0.15, 0.2) is 0 Å². The van der Waals surface area contributed by atoms with Gasteiger partial charge >= 0.3 is 0 Å². The molecule has 21 heavy (non-hydrogen) atoms. The van der Waals surface area contributed by atoms with E-state index in [1.807, 2.05) is 0 Å². The molecular formula is C20H33N. The van der Waals surface area contributed by atoms with Crippen molar-refractivity contribution in [2.24, 2.45) is 11.8 Å². The number of nitrogens with one attached hydrogen (secondary N) is 1. The van der Waals surface area contributed by atoms with E-state index in [-0.39, 0.29) is 5.54 Å². The molecule has 1 unspecified atom stereocenters. The topological polar surface area (TPSA) is 12.0 Å². The van der Waals surface area contributed by atoms with Crippen molar-refractivity contribution in [2.75, 3.05) is 6.54 Å². The zero-order chi connectivity index (χ0) is 15.5. The lowest BCUT2D eigenvalue weighted by atomic mass is 9.84. The summed E-state index contributed by atoms with van der Waals surface area (Å²) < 4.78 is 0. The molecule has 1 heteroatoms. The van der Waals surface area contributed by atoms with Crippen LogP contribution in [0.4, 0.5) is 0 Å². The third-order valence-electron chi connectivity index (χ3n) is 5.03. The number of hydrogen-bond donors (Lipinski definition) is 1. The Balaban J connectivity index is 2.05. The lowest BCUT2D eigenvalue weighted by Crippen LogP contribution is -2.41. The van der Waals surface area contributed by atoms with E-state index >= 15 is 0 Å². The third kappa shape index (κ3) is 5.14. The molecule has 0 radical (unpaired) electrons. The molecule has 1 aromatic carbocycles. The van der Waals surface area contributed by atoms with E-state index in [1.54, 1.807) is 0 Å². The molecule has 2 rings (SSSR count). The van der Waals surface area contributed by atoms with Crippen molar-refractivity contribution in [3.8, 4) is 0 Å². The number of aryl methyl sites for hydroxylation is 2. The fourth-order valence-corrected chi connectivity index (χ4v) is 3.50. The quantitative estimate of drug-likeness (QED) is 0.800. The SMILES string of the molecule is Cc1ccc(CC(CNC(C)(C)C)C2CCCC2)cc1C. The van der Waals surface area contributed by atoms with Gasteiger partial charge in [-0.05, 0) is 76.1 Å². The van der Waals surface area contributed by atoms with Crippen LogP contribution in [-0.2, 0) is 6.42 Å². The molecule has 1 N–H and O–H groups in total. The molecule has 0 spiro atoms. The van der Waals surface area contributed by atoms with E-state index in [0.29, 0.717) is 0 Å². The Hall–Kier alpha value is -0.820. The highest BCUT2D eigenvalue weighted by Crippen LogP contribution is 2.33. The van der Waals surface area contributed by atoms with Crippen LogP contribution < -0.4 is 5.32 Å². The molecule has 118 valence electrons. The van der Waals surface area contributed by atoms with E-state index in [0.717, 1.165) is 18.4 Å². The van der Waals surface area contributed by atoms with E-state index in [4.69, 9.17) is 0 Å². The standard InChI is InChI=1S/C20H33N/c1-15-10-11-17(12-16(15)2)13-19(14-21-20(3,4)5)18-8-6-7-9-18/h10-12,18-19,21H,6-9,13-14H2,1-5H3. The monoisotopic (exact) mass is 287 g/mol. The van der Waals surface area contributed by atoms with E-state index in [2.05, 4.69) is 58.1 Å². The number of rotatable bonds is 5. The first-order valence-electron chi connectivity index (χ1n) is 8.66. The van der Waals surface area contributed by atoms with Gasteiger partial charge in [-0.15, -0.1) is 0 Å². The average molecular weight is 287 g/mol. The molecule has 0 heterocycles. The van der Waals surface area contributed by atoms with Gasteiger partial charge in [0.2, 0.25) is 0 Å². The van der Waals surface area contributed by atoms with Crippen LogP contribution in [0.3, 0.4) is 0 Å². The molecular weight excluding hydrogens is 254 g/mol. The van der Waals surface area contributed by atoms with E-state index < -0.39 is 0 Å². The molecule has 1 atom stereocenters. The molecule has 1 aromatic rings. The van der Waals surface area contributed by atoms with Gasteiger partial charge in [0.05, 0.1) is 0 Å². The van der Waals surface area contributed by atoms with Crippen LogP contribution >= 0.6 is 0 Å². The predicted octanol–water partition coefficient (Wildman–Crippen LogP) is 5.04. The zero-order valence-corrected chi connectivity index (χ0v) is 14.6. The van der Waals surface area contributed by atoms with Crippen LogP contribution in [0.1, 0.15) is 63.1 Å². The third-order valence-corrected chi connectivity index (χ3v) is 5.03. The molecule has 0 saturated heterocycles. The Morgan fingerprint density at radius 2 is 1.76 bits per heavy atom. The van der Waals surface area contributed by atoms with Crippen LogP contribution in [-0.4, -0.2) is 12.1 Å². The van der Waals surface area contributed by atoms with Crippen molar-refractivity contribution < 1.29 is 0 Å². The Labute approximate surface area is 131 Å². The van der Waals surface area contributed by atoms with Gasteiger partial charge in [-0.1, -0.05) is 43.9 Å². The largest absolute Gasteiger partial charge is 0.312 e. The number of hydrogen-bond acceptors (Lipinski definition) is 1. The minimum Gasteiger partial charge on any atom is -0.312 e. The first-order valence-corrected chi connectivity index (χ1v) is 8.66. The number of benzene rings is 1. The second-order valence-corrected chi connectivity index (χ2v) is 8.06. The second-order valence-electron chi connectivity index (χ2n) is 8.06. The summed E-state index contributed by atoms with van der Waals surface area (Å²) in [7, 11) is 0. The maximum atomic E-state index is 3.75. The van der Waals surface area contributed by atoms with E-state index in [9.17, 15) is 0 Å². The van der Waals surface area contributed by atoms with Gasteiger partial charge in [-0.3, -0.25) is 0 Å². The summed E-state index contributed by atoms with van der Waals surface area (Å²) in [5.74, 6) is 1.70. The average Bonchev–Trinajstić information content (AvgIpc) is 2.91. The van der Waals surface area contributed by atoms with Crippen LogP contribution in [0, 0.1) is 25.7 Å². The second kappa shape index (κ2) is 6.96. The van der Waals surface area contributed by atoms with Crippen molar-refractivity contribution in [1.29, 1.82) is 0 Å². The van der Waals surface area contributed by atoms with Gasteiger partial charge in [-0.25, -0.2) is 0 Å². The highest BCUT2D eigenvalue weighted by molar-refractivity contribution is 5.30. The lowest BCUT2D eigenvalue weighted by Gasteiger charge is -2.29. The first-order chi connectivity index (χ1) is 9.85. The smallest absolute Gasteiger partial charge is 0.00966 e.